The maximum absolute atomic E-state index is 12.4. The molecule has 1 fully saturated rings. The SMILES string of the molecule is CC(C)(O)C#Cc1nc2cc(C=O)cnc2n1-c1ccc(C#N)cc1.CN1CCC(F)(F)CC1. The molecule has 3 aromatic rings. The highest BCUT2D eigenvalue weighted by molar-refractivity contribution is 5.83. The Morgan fingerprint density at radius 3 is 2.38 bits per heavy atom. The zero-order valence-corrected chi connectivity index (χ0v) is 19.2. The minimum absolute atomic E-state index is 0.0312. The summed E-state index contributed by atoms with van der Waals surface area (Å²) in [6.07, 6.45) is 2.23. The minimum Gasteiger partial charge on any atom is -0.378 e. The van der Waals surface area contributed by atoms with Gasteiger partial charge in [-0.05, 0) is 57.1 Å². The van der Waals surface area contributed by atoms with E-state index in [-0.39, 0.29) is 12.8 Å². The number of aldehydes is 1. The monoisotopic (exact) mass is 465 g/mol. The topological polar surface area (TPSA) is 95.0 Å². The normalized spacial score (nSPS) is 15.4. The molecule has 0 amide bonds. The first-order chi connectivity index (χ1) is 16.0. The molecule has 0 atom stereocenters. The fourth-order valence-electron chi connectivity index (χ4n) is 3.21. The van der Waals surface area contributed by atoms with Crippen LogP contribution >= 0.6 is 0 Å². The number of pyridine rings is 1. The number of halogens is 2. The molecule has 0 bridgehead atoms. The number of carbonyl (C=O) groups excluding carboxylic acids is 1. The Hall–Kier alpha value is -3.66. The summed E-state index contributed by atoms with van der Waals surface area (Å²) in [5.74, 6) is 3.60. The Labute approximate surface area is 196 Å². The van der Waals surface area contributed by atoms with Crippen molar-refractivity contribution in [3.05, 3.63) is 53.5 Å². The van der Waals surface area contributed by atoms with E-state index < -0.39 is 11.5 Å². The quantitative estimate of drug-likeness (QED) is 0.459. The second-order valence-electron chi connectivity index (χ2n) is 8.63. The molecule has 7 nitrogen and oxygen atoms in total. The molecule has 0 saturated carbocycles. The number of rotatable bonds is 2. The lowest BCUT2D eigenvalue weighted by molar-refractivity contribution is -0.0504. The Morgan fingerprint density at radius 2 is 1.85 bits per heavy atom. The van der Waals surface area contributed by atoms with E-state index in [0.29, 0.717) is 47.5 Å². The summed E-state index contributed by atoms with van der Waals surface area (Å²) < 4.78 is 26.4. The number of aliphatic hydroxyl groups is 1. The zero-order valence-electron chi connectivity index (χ0n) is 19.2. The molecule has 4 rings (SSSR count). The number of imidazole rings is 1. The van der Waals surface area contributed by atoms with E-state index in [1.165, 1.54) is 6.20 Å². The third-order valence-electron chi connectivity index (χ3n) is 5.11. The smallest absolute Gasteiger partial charge is 0.250 e. The van der Waals surface area contributed by atoms with Crippen LogP contribution in [0.2, 0.25) is 0 Å². The third-order valence-corrected chi connectivity index (χ3v) is 5.11. The first-order valence-electron chi connectivity index (χ1n) is 10.7. The standard InChI is InChI=1S/C19H14N4O2.C6H11F2N/c1-19(2,25)8-7-17-22-16-9-14(12-24)11-21-18(16)23(17)15-5-3-13(10-20)4-6-15;1-9-4-2-6(7,8)3-5-9/h3-6,9,11-12,25H,1-2H3;2-5H2,1H3. The van der Waals surface area contributed by atoms with Gasteiger partial charge in [-0.3, -0.25) is 9.36 Å². The molecule has 0 unspecified atom stereocenters. The van der Waals surface area contributed by atoms with Gasteiger partial charge in [-0.15, -0.1) is 0 Å². The first kappa shape index (κ1) is 25.0. The third kappa shape index (κ3) is 6.44. The van der Waals surface area contributed by atoms with Crippen LogP contribution in [0.4, 0.5) is 8.78 Å². The summed E-state index contributed by atoms with van der Waals surface area (Å²) in [5.41, 5.74) is 1.57. The van der Waals surface area contributed by atoms with Crippen molar-refractivity contribution in [2.45, 2.75) is 38.2 Å². The lowest BCUT2D eigenvalue weighted by Crippen LogP contribution is -2.36. The van der Waals surface area contributed by atoms with Crippen molar-refractivity contribution in [2.75, 3.05) is 20.1 Å². The van der Waals surface area contributed by atoms with Crippen LogP contribution in [0.1, 0.15) is 48.4 Å². The molecular weight excluding hydrogens is 440 g/mol. The molecule has 1 aromatic carbocycles. The van der Waals surface area contributed by atoms with Crippen molar-refractivity contribution in [1.29, 1.82) is 5.26 Å². The number of carbonyl (C=O) groups is 1. The average molecular weight is 466 g/mol. The van der Waals surface area contributed by atoms with Gasteiger partial charge < -0.3 is 10.0 Å². The molecule has 9 heteroatoms. The van der Waals surface area contributed by atoms with Crippen molar-refractivity contribution in [2.24, 2.45) is 0 Å². The number of piperidine rings is 1. The largest absolute Gasteiger partial charge is 0.378 e. The van der Waals surface area contributed by atoms with Crippen molar-refractivity contribution in [1.82, 2.24) is 19.4 Å². The molecule has 176 valence electrons. The molecule has 34 heavy (non-hydrogen) atoms. The van der Waals surface area contributed by atoms with E-state index in [9.17, 15) is 18.7 Å². The predicted octanol–water partition coefficient (Wildman–Crippen LogP) is 3.57. The van der Waals surface area contributed by atoms with Gasteiger partial charge >= 0.3 is 0 Å². The van der Waals surface area contributed by atoms with E-state index in [1.807, 2.05) is 11.9 Å². The molecule has 0 radical (unpaired) electrons. The molecular formula is C25H25F2N5O2. The van der Waals surface area contributed by atoms with Crippen LogP contribution in [0, 0.1) is 23.2 Å². The summed E-state index contributed by atoms with van der Waals surface area (Å²) in [4.78, 5) is 21.6. The van der Waals surface area contributed by atoms with E-state index >= 15 is 0 Å². The second-order valence-corrected chi connectivity index (χ2v) is 8.63. The molecule has 0 aliphatic carbocycles. The highest BCUT2D eigenvalue weighted by Gasteiger charge is 2.32. The molecule has 1 saturated heterocycles. The predicted molar refractivity (Wildman–Crippen MR) is 124 cm³/mol. The van der Waals surface area contributed by atoms with Gasteiger partial charge in [-0.1, -0.05) is 5.92 Å². The van der Waals surface area contributed by atoms with Crippen molar-refractivity contribution < 1.29 is 18.7 Å². The fourth-order valence-corrected chi connectivity index (χ4v) is 3.21. The van der Waals surface area contributed by atoms with Crippen LogP contribution in [0.25, 0.3) is 16.9 Å². The number of hydrogen-bond acceptors (Lipinski definition) is 6. The van der Waals surface area contributed by atoms with Crippen LogP contribution in [0.3, 0.4) is 0 Å². The fraction of sp³-hybridized carbons (Fsp3) is 0.360. The van der Waals surface area contributed by atoms with Gasteiger partial charge in [0, 0.05) is 43.4 Å². The van der Waals surface area contributed by atoms with Gasteiger partial charge in [0.1, 0.15) is 11.1 Å². The molecule has 2 aromatic heterocycles. The zero-order chi connectivity index (χ0) is 24.9. The summed E-state index contributed by atoms with van der Waals surface area (Å²) in [6, 6.07) is 10.6. The van der Waals surface area contributed by atoms with Crippen molar-refractivity contribution in [3.8, 4) is 23.6 Å². The molecule has 3 heterocycles. The number of aromatic nitrogens is 3. The lowest BCUT2D eigenvalue weighted by Gasteiger charge is -2.28. The van der Waals surface area contributed by atoms with Crippen molar-refractivity contribution >= 4 is 17.5 Å². The summed E-state index contributed by atoms with van der Waals surface area (Å²) >= 11 is 0. The van der Waals surface area contributed by atoms with Gasteiger partial charge in [0.15, 0.2) is 17.8 Å². The van der Waals surface area contributed by atoms with Crippen LogP contribution in [0.15, 0.2) is 36.5 Å². The minimum atomic E-state index is -2.38. The summed E-state index contributed by atoms with van der Waals surface area (Å²) in [5, 5.41) is 18.8. The maximum Gasteiger partial charge on any atom is 0.250 e. The first-order valence-corrected chi connectivity index (χ1v) is 10.7. The number of alkyl halides is 2. The van der Waals surface area contributed by atoms with Crippen LogP contribution in [0.5, 0.6) is 0 Å². The number of benzene rings is 1. The van der Waals surface area contributed by atoms with Gasteiger partial charge in [0.05, 0.1) is 11.6 Å². The van der Waals surface area contributed by atoms with Gasteiger partial charge in [0.2, 0.25) is 0 Å². The maximum atomic E-state index is 12.4. The Bertz CT molecular complexity index is 1270. The van der Waals surface area contributed by atoms with Crippen LogP contribution < -0.4 is 0 Å². The van der Waals surface area contributed by atoms with Crippen LogP contribution in [-0.2, 0) is 0 Å². The molecule has 1 aliphatic heterocycles. The van der Waals surface area contributed by atoms with E-state index in [1.54, 1.807) is 48.7 Å². The highest BCUT2D eigenvalue weighted by atomic mass is 19.3. The lowest BCUT2D eigenvalue weighted by atomic mass is 10.1. The number of fused-ring (bicyclic) bond motifs is 1. The Balaban J connectivity index is 0.000000302. The summed E-state index contributed by atoms with van der Waals surface area (Å²) in [6.45, 7) is 4.23. The Kier molecular flexibility index (Phi) is 7.41. The van der Waals surface area contributed by atoms with Crippen molar-refractivity contribution in [3.63, 3.8) is 0 Å². The number of nitriles is 1. The van der Waals surface area contributed by atoms with Gasteiger partial charge in [-0.25, -0.2) is 18.7 Å². The van der Waals surface area contributed by atoms with E-state index in [0.717, 1.165) is 5.69 Å². The van der Waals surface area contributed by atoms with Gasteiger partial charge in [-0.2, -0.15) is 5.26 Å². The van der Waals surface area contributed by atoms with E-state index in [2.05, 4.69) is 27.9 Å². The van der Waals surface area contributed by atoms with E-state index in [4.69, 9.17) is 5.26 Å². The molecule has 1 N–H and O–H groups in total. The Morgan fingerprint density at radius 1 is 1.21 bits per heavy atom. The highest BCUT2D eigenvalue weighted by Crippen LogP contribution is 2.26. The van der Waals surface area contributed by atoms with Crippen LogP contribution in [-0.4, -0.2) is 62.5 Å². The number of likely N-dealkylation sites (tertiary alicyclic amines) is 1. The average Bonchev–Trinajstić information content (AvgIpc) is 3.17. The number of nitrogens with zero attached hydrogens (tertiary/aromatic N) is 5. The van der Waals surface area contributed by atoms with Gasteiger partial charge in [0.25, 0.3) is 5.92 Å². The molecule has 0 spiro atoms. The molecule has 1 aliphatic rings. The summed E-state index contributed by atoms with van der Waals surface area (Å²) in [7, 11) is 1.87. The second kappa shape index (κ2) is 10.1. The number of hydrogen-bond donors (Lipinski definition) is 1.